The number of benzene rings is 1. The number of Topliss-reactive ketones (excluding diaryl/α,β-unsaturated/α-hetero) is 1. The molecule has 3 fully saturated rings. The zero-order valence-corrected chi connectivity index (χ0v) is 15.0. The third kappa shape index (κ3) is 3.04. The molecule has 2 heterocycles. The van der Waals surface area contributed by atoms with E-state index in [9.17, 15) is 19.5 Å². The van der Waals surface area contributed by atoms with Gasteiger partial charge in [-0.1, -0.05) is 31.0 Å². The van der Waals surface area contributed by atoms with Gasteiger partial charge >= 0.3 is 0 Å². The van der Waals surface area contributed by atoms with Crippen LogP contribution in [0, 0.1) is 5.92 Å². The molecule has 1 aliphatic carbocycles. The molecule has 0 bridgehead atoms. The predicted molar refractivity (Wildman–Crippen MR) is 95.9 cm³/mol. The Morgan fingerprint density at radius 2 is 1.93 bits per heavy atom. The Kier molecular flexibility index (Phi) is 4.74. The molecule has 4 rings (SSSR count). The fourth-order valence-electron chi connectivity index (χ4n) is 4.91. The van der Waals surface area contributed by atoms with E-state index in [0.29, 0.717) is 11.1 Å². The van der Waals surface area contributed by atoms with E-state index in [2.05, 4.69) is 0 Å². The van der Waals surface area contributed by atoms with E-state index in [-0.39, 0.29) is 30.8 Å². The molecule has 2 saturated heterocycles. The van der Waals surface area contributed by atoms with Crippen molar-refractivity contribution in [3.8, 4) is 0 Å². The second-order valence-corrected chi connectivity index (χ2v) is 7.72. The maximum Gasteiger partial charge on any atom is 0.249 e. The lowest BCUT2D eigenvalue weighted by atomic mass is 9.81. The van der Waals surface area contributed by atoms with E-state index in [1.54, 1.807) is 24.3 Å². The van der Waals surface area contributed by atoms with E-state index in [1.165, 1.54) is 4.90 Å². The Balaban J connectivity index is 1.73. The lowest BCUT2D eigenvalue weighted by Crippen LogP contribution is -2.45. The van der Waals surface area contributed by atoms with Crippen molar-refractivity contribution in [3.63, 3.8) is 0 Å². The first-order valence-corrected chi connectivity index (χ1v) is 9.50. The van der Waals surface area contributed by atoms with Crippen molar-refractivity contribution in [1.29, 1.82) is 0 Å². The number of ketones is 1. The Morgan fingerprint density at radius 1 is 1.22 bits per heavy atom. The van der Waals surface area contributed by atoms with Crippen LogP contribution in [-0.4, -0.2) is 59.0 Å². The maximum absolute atomic E-state index is 13.6. The van der Waals surface area contributed by atoms with Crippen LogP contribution in [0.25, 0.3) is 0 Å². The first-order chi connectivity index (χ1) is 13.0. The second kappa shape index (κ2) is 7.05. The summed E-state index contributed by atoms with van der Waals surface area (Å²) in [6, 6.07) is 6.19. The van der Waals surface area contributed by atoms with Crippen molar-refractivity contribution in [2.45, 2.75) is 49.9 Å². The van der Waals surface area contributed by atoms with Crippen molar-refractivity contribution in [2.75, 3.05) is 13.2 Å². The van der Waals surface area contributed by atoms with Crippen LogP contribution in [0.1, 0.15) is 47.5 Å². The van der Waals surface area contributed by atoms with Crippen molar-refractivity contribution in [1.82, 2.24) is 4.90 Å². The quantitative estimate of drug-likeness (QED) is 0.804. The molecule has 3 N–H and O–H groups in total. The fraction of sp³-hybridized carbons (Fsp3) is 0.550. The summed E-state index contributed by atoms with van der Waals surface area (Å²) in [5, 5.41) is 10.3. The minimum absolute atomic E-state index is 0.0713. The van der Waals surface area contributed by atoms with Gasteiger partial charge in [-0.2, -0.15) is 0 Å². The van der Waals surface area contributed by atoms with Gasteiger partial charge in [0.2, 0.25) is 11.8 Å². The number of primary amides is 1. The van der Waals surface area contributed by atoms with Crippen LogP contribution in [0.15, 0.2) is 24.3 Å². The minimum atomic E-state index is -0.874. The number of aliphatic hydroxyl groups excluding tert-OH is 1. The third-order valence-corrected chi connectivity index (χ3v) is 6.14. The minimum Gasteiger partial charge on any atom is -0.388 e. The summed E-state index contributed by atoms with van der Waals surface area (Å²) in [5.41, 5.74) is 6.51. The smallest absolute Gasteiger partial charge is 0.249 e. The molecule has 3 aliphatic rings. The highest BCUT2D eigenvalue weighted by molar-refractivity contribution is 5.99. The first kappa shape index (κ1) is 18.1. The lowest BCUT2D eigenvalue weighted by molar-refractivity contribution is -0.139. The number of fused-ring (bicyclic) bond motifs is 1. The molecule has 0 spiro atoms. The number of likely N-dealkylation sites (tertiary alicyclic amines) is 1. The highest BCUT2D eigenvalue weighted by atomic mass is 16.5. The summed E-state index contributed by atoms with van der Waals surface area (Å²) in [6.45, 7) is -0.00991. The van der Waals surface area contributed by atoms with Crippen LogP contribution < -0.4 is 5.73 Å². The number of hydrogen-bond donors (Lipinski definition) is 2. The Bertz CT molecular complexity index is 773. The number of hydrogen-bond acceptors (Lipinski definition) is 5. The number of ether oxygens (including phenoxy) is 1. The molecule has 2 amide bonds. The summed E-state index contributed by atoms with van der Waals surface area (Å²) in [4.78, 5) is 39.3. The standard InChI is InChI=1S/C20H24N2O5/c21-19(25)13-8-4-3-7-12(13)16(11-5-1-2-6-11)20(26)22-9-14(23)18-17(22)15(24)10-27-18/h3-4,7-8,11,14,16-18,23H,1-2,5-6,9-10H2,(H2,21,25)/t14-,16-,17+,18+/m0/s1. The zero-order valence-electron chi connectivity index (χ0n) is 15.0. The van der Waals surface area contributed by atoms with Crippen molar-refractivity contribution < 1.29 is 24.2 Å². The molecule has 0 radical (unpaired) electrons. The van der Waals surface area contributed by atoms with Gasteiger partial charge in [-0.05, 0) is 30.4 Å². The zero-order chi connectivity index (χ0) is 19.1. The molecule has 1 saturated carbocycles. The summed E-state index contributed by atoms with van der Waals surface area (Å²) in [7, 11) is 0. The van der Waals surface area contributed by atoms with Gasteiger partial charge in [0.15, 0.2) is 5.78 Å². The van der Waals surface area contributed by atoms with Gasteiger partial charge < -0.3 is 20.5 Å². The molecule has 7 heteroatoms. The SMILES string of the molecule is NC(=O)c1ccccc1[C@@H](C(=O)N1C[C@H](O)[C@H]2OCC(=O)[C@H]21)C1CCCC1. The summed E-state index contributed by atoms with van der Waals surface area (Å²) >= 11 is 0. The number of carbonyl (C=O) groups is 3. The molecule has 2 aliphatic heterocycles. The van der Waals surface area contributed by atoms with E-state index in [1.807, 2.05) is 0 Å². The van der Waals surface area contributed by atoms with Crippen LogP contribution in [0.5, 0.6) is 0 Å². The summed E-state index contributed by atoms with van der Waals surface area (Å²) in [6.07, 6.45) is 2.31. The van der Waals surface area contributed by atoms with Crippen LogP contribution >= 0.6 is 0 Å². The highest BCUT2D eigenvalue weighted by Crippen LogP contribution is 2.41. The number of β-amino-alcohol motifs (C(OH)–C–C–N with tert-alkyl or cyclic N) is 1. The Morgan fingerprint density at radius 3 is 2.63 bits per heavy atom. The number of nitrogens with two attached hydrogens (primary N) is 1. The molecule has 1 aromatic rings. The highest BCUT2D eigenvalue weighted by Gasteiger charge is 2.53. The summed E-state index contributed by atoms with van der Waals surface area (Å²) in [5.74, 6) is -1.43. The fourth-order valence-corrected chi connectivity index (χ4v) is 4.91. The van der Waals surface area contributed by atoms with Gasteiger partial charge in [-0.15, -0.1) is 0 Å². The molecule has 4 atom stereocenters. The molecule has 144 valence electrons. The predicted octanol–water partition coefficient (Wildman–Crippen LogP) is 0.599. The van der Waals surface area contributed by atoms with E-state index >= 15 is 0 Å². The monoisotopic (exact) mass is 372 g/mol. The Labute approximate surface area is 157 Å². The molecular weight excluding hydrogens is 348 g/mol. The summed E-state index contributed by atoms with van der Waals surface area (Å²) < 4.78 is 5.39. The van der Waals surface area contributed by atoms with Crippen LogP contribution in [0.2, 0.25) is 0 Å². The van der Waals surface area contributed by atoms with Crippen LogP contribution in [0.3, 0.4) is 0 Å². The van der Waals surface area contributed by atoms with Gasteiger partial charge in [0.25, 0.3) is 0 Å². The second-order valence-electron chi connectivity index (χ2n) is 7.72. The number of nitrogens with zero attached hydrogens (tertiary/aromatic N) is 1. The van der Waals surface area contributed by atoms with Crippen molar-refractivity contribution in [3.05, 3.63) is 35.4 Å². The Hall–Kier alpha value is -2.25. The topological polar surface area (TPSA) is 110 Å². The molecule has 0 unspecified atom stereocenters. The molecular formula is C20H24N2O5. The van der Waals surface area contributed by atoms with Crippen molar-refractivity contribution in [2.24, 2.45) is 11.7 Å². The third-order valence-electron chi connectivity index (χ3n) is 6.14. The number of amides is 2. The number of carbonyl (C=O) groups excluding carboxylic acids is 3. The maximum atomic E-state index is 13.6. The van der Waals surface area contributed by atoms with Gasteiger partial charge in [-0.3, -0.25) is 14.4 Å². The van der Waals surface area contributed by atoms with Crippen LogP contribution in [0.4, 0.5) is 0 Å². The van der Waals surface area contributed by atoms with Crippen molar-refractivity contribution >= 4 is 17.6 Å². The van der Waals surface area contributed by atoms with E-state index in [4.69, 9.17) is 10.5 Å². The van der Waals surface area contributed by atoms with E-state index < -0.39 is 30.1 Å². The molecule has 27 heavy (non-hydrogen) atoms. The number of aliphatic hydroxyl groups is 1. The molecule has 7 nitrogen and oxygen atoms in total. The largest absolute Gasteiger partial charge is 0.388 e. The van der Waals surface area contributed by atoms with Crippen LogP contribution in [-0.2, 0) is 14.3 Å². The molecule has 0 aromatic heterocycles. The van der Waals surface area contributed by atoms with Gasteiger partial charge in [-0.25, -0.2) is 0 Å². The van der Waals surface area contributed by atoms with E-state index in [0.717, 1.165) is 25.7 Å². The average molecular weight is 372 g/mol. The number of rotatable bonds is 4. The van der Waals surface area contributed by atoms with Gasteiger partial charge in [0.1, 0.15) is 24.9 Å². The van der Waals surface area contributed by atoms with Gasteiger partial charge in [0.05, 0.1) is 12.5 Å². The lowest BCUT2D eigenvalue weighted by Gasteiger charge is -2.31. The normalized spacial score (nSPS) is 29.1. The molecule has 1 aromatic carbocycles. The first-order valence-electron chi connectivity index (χ1n) is 9.50. The van der Waals surface area contributed by atoms with Gasteiger partial charge in [0, 0.05) is 5.56 Å². The average Bonchev–Trinajstić information content (AvgIpc) is 3.36.